The molecule has 0 bridgehead atoms. The third-order valence-corrected chi connectivity index (χ3v) is 4.01. The van der Waals surface area contributed by atoms with Gasteiger partial charge in [0.15, 0.2) is 0 Å². The van der Waals surface area contributed by atoms with Crippen molar-refractivity contribution in [1.29, 1.82) is 0 Å². The number of nitrogens with one attached hydrogen (secondary N) is 1. The van der Waals surface area contributed by atoms with Crippen molar-refractivity contribution in [2.75, 3.05) is 19.6 Å². The van der Waals surface area contributed by atoms with Crippen molar-refractivity contribution in [3.8, 4) is 0 Å². The van der Waals surface area contributed by atoms with E-state index in [9.17, 15) is 4.79 Å². The van der Waals surface area contributed by atoms with Gasteiger partial charge in [0.25, 0.3) is 0 Å². The average molecular weight is 298 g/mol. The first-order chi connectivity index (χ1) is 9.81. The summed E-state index contributed by atoms with van der Waals surface area (Å²) in [4.78, 5) is 13.8. The number of hydrogen-bond acceptors (Lipinski definition) is 3. The Balaban J connectivity index is 2.21. The third kappa shape index (κ3) is 7.70. The minimum absolute atomic E-state index is 0.198. The first-order valence-electron chi connectivity index (χ1n) is 8.53. The molecule has 1 aliphatic carbocycles. The number of amides is 1. The van der Waals surface area contributed by atoms with Crippen LogP contribution >= 0.6 is 0 Å². The van der Waals surface area contributed by atoms with E-state index < -0.39 is 5.60 Å². The molecule has 0 aliphatic heterocycles. The predicted molar refractivity (Wildman–Crippen MR) is 87.5 cm³/mol. The fraction of sp³-hybridized carbons (Fsp3) is 0.941. The van der Waals surface area contributed by atoms with Gasteiger partial charge in [-0.2, -0.15) is 0 Å². The molecule has 124 valence electrons. The van der Waals surface area contributed by atoms with Crippen LogP contribution in [0.3, 0.4) is 0 Å². The van der Waals surface area contributed by atoms with Gasteiger partial charge in [0, 0.05) is 19.1 Å². The standard InChI is InChI=1S/C17H34N2O2/c1-6-19(16(20)21-17(3,4)5)12-8-11-18-15-10-7-9-14(2)13-15/h14-15,18H,6-13H2,1-5H3. The smallest absolute Gasteiger partial charge is 0.410 e. The third-order valence-electron chi connectivity index (χ3n) is 4.01. The van der Waals surface area contributed by atoms with Gasteiger partial charge in [-0.1, -0.05) is 19.8 Å². The highest BCUT2D eigenvalue weighted by molar-refractivity contribution is 5.68. The summed E-state index contributed by atoms with van der Waals surface area (Å²) in [6, 6.07) is 0.672. The normalized spacial score (nSPS) is 22.9. The molecule has 0 aromatic heterocycles. The maximum absolute atomic E-state index is 12.0. The van der Waals surface area contributed by atoms with Gasteiger partial charge in [0.2, 0.25) is 0 Å². The summed E-state index contributed by atoms with van der Waals surface area (Å²) < 4.78 is 5.42. The van der Waals surface area contributed by atoms with Gasteiger partial charge in [-0.05, 0) is 59.4 Å². The summed E-state index contributed by atoms with van der Waals surface area (Å²) in [7, 11) is 0. The Bertz CT molecular complexity index is 312. The van der Waals surface area contributed by atoms with Crippen molar-refractivity contribution in [3.05, 3.63) is 0 Å². The van der Waals surface area contributed by atoms with E-state index in [0.717, 1.165) is 25.4 Å². The molecule has 4 nitrogen and oxygen atoms in total. The number of nitrogens with zero attached hydrogens (tertiary/aromatic N) is 1. The van der Waals surface area contributed by atoms with Crippen LogP contribution in [-0.2, 0) is 4.74 Å². The predicted octanol–water partition coefficient (Wildman–Crippen LogP) is 3.80. The maximum atomic E-state index is 12.0. The second-order valence-electron chi connectivity index (χ2n) is 7.34. The van der Waals surface area contributed by atoms with Gasteiger partial charge in [-0.25, -0.2) is 4.79 Å². The van der Waals surface area contributed by atoms with Crippen molar-refractivity contribution in [1.82, 2.24) is 10.2 Å². The summed E-state index contributed by atoms with van der Waals surface area (Å²) in [5, 5.41) is 3.64. The summed E-state index contributed by atoms with van der Waals surface area (Å²) in [5.74, 6) is 0.852. The highest BCUT2D eigenvalue weighted by Gasteiger charge is 2.21. The Morgan fingerprint density at radius 1 is 1.33 bits per heavy atom. The Kier molecular flexibility index (Phi) is 7.50. The lowest BCUT2D eigenvalue weighted by molar-refractivity contribution is 0.0258. The molecule has 4 heteroatoms. The number of carbonyl (C=O) groups is 1. The van der Waals surface area contributed by atoms with E-state index in [-0.39, 0.29) is 6.09 Å². The van der Waals surface area contributed by atoms with Crippen LogP contribution < -0.4 is 5.32 Å². The molecular formula is C17H34N2O2. The van der Waals surface area contributed by atoms with Gasteiger partial charge < -0.3 is 15.0 Å². The van der Waals surface area contributed by atoms with Crippen LogP contribution in [0.2, 0.25) is 0 Å². The molecule has 1 saturated carbocycles. The molecular weight excluding hydrogens is 264 g/mol. The minimum atomic E-state index is -0.416. The van der Waals surface area contributed by atoms with E-state index in [0.29, 0.717) is 12.6 Å². The Hall–Kier alpha value is -0.770. The van der Waals surface area contributed by atoms with E-state index in [4.69, 9.17) is 4.74 Å². The van der Waals surface area contributed by atoms with E-state index in [1.165, 1.54) is 25.7 Å². The van der Waals surface area contributed by atoms with Crippen molar-refractivity contribution in [3.63, 3.8) is 0 Å². The molecule has 2 unspecified atom stereocenters. The van der Waals surface area contributed by atoms with E-state index in [1.807, 2.05) is 27.7 Å². The largest absolute Gasteiger partial charge is 0.444 e. The van der Waals surface area contributed by atoms with Gasteiger partial charge in [0.1, 0.15) is 5.60 Å². The number of rotatable bonds is 6. The summed E-state index contributed by atoms with van der Waals surface area (Å²) in [6.45, 7) is 12.5. The molecule has 0 heterocycles. The van der Waals surface area contributed by atoms with E-state index in [1.54, 1.807) is 4.90 Å². The van der Waals surface area contributed by atoms with Crippen molar-refractivity contribution < 1.29 is 9.53 Å². The monoisotopic (exact) mass is 298 g/mol. The molecule has 1 rings (SSSR count). The molecule has 2 atom stereocenters. The number of carbonyl (C=O) groups excluding carboxylic acids is 1. The first kappa shape index (κ1) is 18.3. The highest BCUT2D eigenvalue weighted by atomic mass is 16.6. The van der Waals surface area contributed by atoms with Gasteiger partial charge >= 0.3 is 6.09 Å². The van der Waals surface area contributed by atoms with Crippen LogP contribution in [-0.4, -0.2) is 42.3 Å². The summed E-state index contributed by atoms with van der Waals surface area (Å²) in [5.41, 5.74) is -0.416. The number of ether oxygens (including phenoxy) is 1. The van der Waals surface area contributed by atoms with Crippen LogP contribution in [0, 0.1) is 5.92 Å². The lowest BCUT2D eigenvalue weighted by atomic mass is 9.87. The fourth-order valence-electron chi connectivity index (χ4n) is 2.90. The van der Waals surface area contributed by atoms with Crippen LogP contribution in [0.15, 0.2) is 0 Å². The van der Waals surface area contributed by atoms with Crippen LogP contribution in [0.1, 0.15) is 66.7 Å². The molecule has 0 spiro atoms. The Morgan fingerprint density at radius 3 is 2.62 bits per heavy atom. The first-order valence-corrected chi connectivity index (χ1v) is 8.53. The molecule has 0 saturated heterocycles. The van der Waals surface area contributed by atoms with Crippen molar-refractivity contribution >= 4 is 6.09 Å². The maximum Gasteiger partial charge on any atom is 0.410 e. The Morgan fingerprint density at radius 2 is 2.05 bits per heavy atom. The van der Waals surface area contributed by atoms with Gasteiger partial charge in [-0.3, -0.25) is 0 Å². The van der Waals surface area contributed by atoms with E-state index in [2.05, 4.69) is 12.2 Å². The van der Waals surface area contributed by atoms with Gasteiger partial charge in [0.05, 0.1) is 0 Å². The molecule has 0 radical (unpaired) electrons. The van der Waals surface area contributed by atoms with Crippen LogP contribution in [0.4, 0.5) is 4.79 Å². The zero-order chi connectivity index (χ0) is 15.9. The lowest BCUT2D eigenvalue weighted by Gasteiger charge is -2.29. The zero-order valence-corrected chi connectivity index (χ0v) is 14.6. The van der Waals surface area contributed by atoms with Crippen molar-refractivity contribution in [2.24, 2.45) is 5.92 Å². The topological polar surface area (TPSA) is 41.6 Å². The quantitative estimate of drug-likeness (QED) is 0.758. The van der Waals surface area contributed by atoms with E-state index >= 15 is 0 Å². The highest BCUT2D eigenvalue weighted by Crippen LogP contribution is 2.23. The zero-order valence-electron chi connectivity index (χ0n) is 14.6. The average Bonchev–Trinajstić information content (AvgIpc) is 2.36. The molecule has 1 N–H and O–H groups in total. The fourth-order valence-corrected chi connectivity index (χ4v) is 2.90. The van der Waals surface area contributed by atoms with Crippen LogP contribution in [0.25, 0.3) is 0 Å². The summed E-state index contributed by atoms with van der Waals surface area (Å²) >= 11 is 0. The molecule has 0 aromatic carbocycles. The molecule has 21 heavy (non-hydrogen) atoms. The molecule has 0 aromatic rings. The molecule has 1 amide bonds. The van der Waals surface area contributed by atoms with Gasteiger partial charge in [-0.15, -0.1) is 0 Å². The van der Waals surface area contributed by atoms with Crippen molar-refractivity contribution in [2.45, 2.75) is 78.4 Å². The lowest BCUT2D eigenvalue weighted by Crippen LogP contribution is -2.39. The Labute approximate surface area is 130 Å². The van der Waals surface area contributed by atoms with Crippen LogP contribution in [0.5, 0.6) is 0 Å². The second kappa shape index (κ2) is 8.62. The molecule has 1 aliphatic rings. The SMILES string of the molecule is CCN(CCCNC1CCCC(C)C1)C(=O)OC(C)(C)C. The summed E-state index contributed by atoms with van der Waals surface area (Å²) in [6.07, 6.45) is 6.10. The minimum Gasteiger partial charge on any atom is -0.444 e. The number of hydrogen-bond donors (Lipinski definition) is 1. The molecule has 1 fully saturated rings. The second-order valence-corrected chi connectivity index (χ2v) is 7.34.